The number of aryl methyl sites for hydroxylation is 2. The summed E-state index contributed by atoms with van der Waals surface area (Å²) >= 11 is 5.38. The SMILES string of the molecule is CCC(=S)Nc1cc(C2CC2)ccc1COc1ccc(C)cc1C. The van der Waals surface area contributed by atoms with Crippen LogP contribution in [0, 0.1) is 13.8 Å². The van der Waals surface area contributed by atoms with Gasteiger partial charge in [-0.3, -0.25) is 0 Å². The number of rotatable bonds is 6. The molecule has 2 aromatic rings. The number of hydrogen-bond acceptors (Lipinski definition) is 2. The zero-order valence-electron chi connectivity index (χ0n) is 14.7. The average Bonchev–Trinajstić information content (AvgIpc) is 3.39. The van der Waals surface area contributed by atoms with Crippen LogP contribution in [0.3, 0.4) is 0 Å². The van der Waals surface area contributed by atoms with Gasteiger partial charge in [-0.15, -0.1) is 0 Å². The molecule has 1 aliphatic rings. The molecular formula is C21H25NOS. The first kappa shape index (κ1) is 17.0. The summed E-state index contributed by atoms with van der Waals surface area (Å²) in [6, 6.07) is 12.9. The van der Waals surface area contributed by atoms with Gasteiger partial charge in [-0.05, 0) is 62.3 Å². The van der Waals surface area contributed by atoms with Crippen molar-refractivity contribution in [3.63, 3.8) is 0 Å². The standard InChI is InChI=1S/C21H25NOS/c1-4-21(24)22-19-12-17(16-6-7-16)8-9-18(19)13-23-20-10-5-14(2)11-15(20)3/h5,8-12,16H,4,6-7,13H2,1-3H3,(H,22,24). The number of benzene rings is 2. The van der Waals surface area contributed by atoms with Crippen LogP contribution in [-0.2, 0) is 6.61 Å². The van der Waals surface area contributed by atoms with Gasteiger partial charge in [-0.25, -0.2) is 0 Å². The molecule has 0 amide bonds. The van der Waals surface area contributed by atoms with Gasteiger partial charge in [0.15, 0.2) is 0 Å². The number of nitrogens with one attached hydrogen (secondary N) is 1. The summed E-state index contributed by atoms with van der Waals surface area (Å²) in [5.74, 6) is 1.67. The van der Waals surface area contributed by atoms with E-state index in [9.17, 15) is 0 Å². The first-order valence-corrected chi connectivity index (χ1v) is 9.10. The highest BCUT2D eigenvalue weighted by Gasteiger charge is 2.24. The third kappa shape index (κ3) is 4.15. The Morgan fingerprint density at radius 2 is 1.96 bits per heavy atom. The van der Waals surface area contributed by atoms with Crippen LogP contribution in [-0.4, -0.2) is 4.99 Å². The molecule has 1 aliphatic carbocycles. The molecule has 0 saturated heterocycles. The molecule has 3 heteroatoms. The normalized spacial score (nSPS) is 13.6. The minimum atomic E-state index is 0.545. The van der Waals surface area contributed by atoms with Gasteiger partial charge in [0.05, 0.1) is 4.99 Å². The molecular weight excluding hydrogens is 314 g/mol. The Morgan fingerprint density at radius 1 is 1.17 bits per heavy atom. The summed E-state index contributed by atoms with van der Waals surface area (Å²) in [4.78, 5) is 0.871. The van der Waals surface area contributed by atoms with Crippen LogP contribution in [0.4, 0.5) is 5.69 Å². The van der Waals surface area contributed by atoms with Crippen molar-refractivity contribution in [1.29, 1.82) is 0 Å². The summed E-state index contributed by atoms with van der Waals surface area (Å²) in [7, 11) is 0. The van der Waals surface area contributed by atoms with Crippen molar-refractivity contribution >= 4 is 22.9 Å². The van der Waals surface area contributed by atoms with Crippen molar-refractivity contribution in [3.8, 4) is 5.75 Å². The van der Waals surface area contributed by atoms with E-state index in [1.165, 1.54) is 29.5 Å². The second-order valence-corrected chi connectivity index (χ2v) is 7.14. The average molecular weight is 340 g/mol. The molecule has 2 aromatic carbocycles. The fourth-order valence-corrected chi connectivity index (χ4v) is 2.97. The van der Waals surface area contributed by atoms with E-state index in [0.29, 0.717) is 6.61 Å². The lowest BCUT2D eigenvalue weighted by Crippen LogP contribution is -2.11. The zero-order valence-corrected chi connectivity index (χ0v) is 15.5. The van der Waals surface area contributed by atoms with E-state index in [4.69, 9.17) is 17.0 Å². The summed E-state index contributed by atoms with van der Waals surface area (Å²) in [5.41, 5.74) is 6.07. The van der Waals surface area contributed by atoms with Crippen molar-refractivity contribution in [3.05, 3.63) is 58.7 Å². The highest BCUT2D eigenvalue weighted by Crippen LogP contribution is 2.41. The molecule has 0 atom stereocenters. The lowest BCUT2D eigenvalue weighted by Gasteiger charge is -2.16. The molecule has 1 fully saturated rings. The van der Waals surface area contributed by atoms with E-state index in [1.54, 1.807) is 0 Å². The number of hydrogen-bond donors (Lipinski definition) is 1. The maximum Gasteiger partial charge on any atom is 0.122 e. The molecule has 1 saturated carbocycles. The number of ether oxygens (including phenoxy) is 1. The quantitative estimate of drug-likeness (QED) is 0.661. The van der Waals surface area contributed by atoms with E-state index in [-0.39, 0.29) is 0 Å². The summed E-state index contributed by atoms with van der Waals surface area (Å²) in [6.45, 7) is 6.81. The molecule has 0 heterocycles. The van der Waals surface area contributed by atoms with Gasteiger partial charge < -0.3 is 10.1 Å². The Kier molecular flexibility index (Phi) is 5.20. The van der Waals surface area contributed by atoms with E-state index in [0.717, 1.165) is 34.3 Å². The number of anilines is 1. The third-order valence-corrected chi connectivity index (χ3v) is 4.88. The summed E-state index contributed by atoms with van der Waals surface area (Å²) in [6.07, 6.45) is 3.45. The maximum atomic E-state index is 6.07. The largest absolute Gasteiger partial charge is 0.489 e. The molecule has 0 aliphatic heterocycles. The van der Waals surface area contributed by atoms with Crippen LogP contribution in [0.15, 0.2) is 36.4 Å². The maximum absolute atomic E-state index is 6.07. The van der Waals surface area contributed by atoms with E-state index < -0.39 is 0 Å². The Labute approximate surface area is 150 Å². The van der Waals surface area contributed by atoms with Crippen molar-refractivity contribution in [2.45, 2.75) is 52.6 Å². The van der Waals surface area contributed by atoms with Crippen LogP contribution >= 0.6 is 12.2 Å². The zero-order chi connectivity index (χ0) is 17.1. The molecule has 126 valence electrons. The first-order chi connectivity index (χ1) is 11.6. The van der Waals surface area contributed by atoms with Crippen molar-refractivity contribution in [2.24, 2.45) is 0 Å². The van der Waals surface area contributed by atoms with Crippen LogP contribution in [0.2, 0.25) is 0 Å². The fourth-order valence-electron chi connectivity index (χ4n) is 2.86. The van der Waals surface area contributed by atoms with Gasteiger partial charge in [0.2, 0.25) is 0 Å². The predicted octanol–water partition coefficient (Wildman–Crippen LogP) is 5.91. The molecule has 0 radical (unpaired) electrons. The van der Waals surface area contributed by atoms with Crippen LogP contribution in [0.1, 0.15) is 54.4 Å². The monoisotopic (exact) mass is 339 g/mol. The Morgan fingerprint density at radius 3 is 2.62 bits per heavy atom. The molecule has 0 aromatic heterocycles. The van der Waals surface area contributed by atoms with Crippen LogP contribution in [0.5, 0.6) is 5.75 Å². The summed E-state index contributed by atoms with van der Waals surface area (Å²) < 4.78 is 6.07. The van der Waals surface area contributed by atoms with E-state index >= 15 is 0 Å². The summed E-state index contributed by atoms with van der Waals surface area (Å²) in [5, 5.41) is 3.39. The molecule has 24 heavy (non-hydrogen) atoms. The molecule has 1 N–H and O–H groups in total. The molecule has 0 unspecified atom stereocenters. The first-order valence-electron chi connectivity index (χ1n) is 8.69. The van der Waals surface area contributed by atoms with Gasteiger partial charge in [0.1, 0.15) is 12.4 Å². The Bertz CT molecular complexity index is 749. The highest BCUT2D eigenvalue weighted by molar-refractivity contribution is 7.80. The molecule has 0 spiro atoms. The predicted molar refractivity (Wildman–Crippen MR) is 105 cm³/mol. The smallest absolute Gasteiger partial charge is 0.122 e. The minimum absolute atomic E-state index is 0.545. The third-order valence-electron chi connectivity index (χ3n) is 4.49. The fraction of sp³-hybridized carbons (Fsp3) is 0.381. The van der Waals surface area contributed by atoms with Crippen LogP contribution < -0.4 is 10.1 Å². The second-order valence-electron chi connectivity index (χ2n) is 6.65. The van der Waals surface area contributed by atoms with Gasteiger partial charge in [0.25, 0.3) is 0 Å². The Balaban J connectivity index is 1.79. The lowest BCUT2D eigenvalue weighted by atomic mass is 10.1. The van der Waals surface area contributed by atoms with Crippen molar-refractivity contribution in [2.75, 3.05) is 5.32 Å². The van der Waals surface area contributed by atoms with Gasteiger partial charge >= 0.3 is 0 Å². The van der Waals surface area contributed by atoms with Crippen molar-refractivity contribution in [1.82, 2.24) is 0 Å². The van der Waals surface area contributed by atoms with Gasteiger partial charge in [0, 0.05) is 11.3 Å². The van der Waals surface area contributed by atoms with Crippen molar-refractivity contribution < 1.29 is 4.74 Å². The molecule has 3 rings (SSSR count). The van der Waals surface area contributed by atoms with Gasteiger partial charge in [-0.1, -0.05) is 49.0 Å². The molecule has 0 bridgehead atoms. The Hall–Kier alpha value is -1.87. The number of thiocarbonyl (C=S) groups is 1. The minimum Gasteiger partial charge on any atom is -0.489 e. The highest BCUT2D eigenvalue weighted by atomic mass is 32.1. The van der Waals surface area contributed by atoms with Crippen LogP contribution in [0.25, 0.3) is 0 Å². The lowest BCUT2D eigenvalue weighted by molar-refractivity contribution is 0.304. The van der Waals surface area contributed by atoms with E-state index in [1.807, 2.05) is 6.07 Å². The van der Waals surface area contributed by atoms with E-state index in [2.05, 4.69) is 56.4 Å². The topological polar surface area (TPSA) is 21.3 Å². The second kappa shape index (κ2) is 7.35. The molecule has 2 nitrogen and oxygen atoms in total. The van der Waals surface area contributed by atoms with Gasteiger partial charge in [-0.2, -0.15) is 0 Å².